The van der Waals surface area contributed by atoms with Gasteiger partial charge in [-0.05, 0) is 38.9 Å². The van der Waals surface area contributed by atoms with Crippen molar-refractivity contribution >= 4 is 29.9 Å². The summed E-state index contributed by atoms with van der Waals surface area (Å²) >= 11 is 0. The van der Waals surface area contributed by atoms with E-state index in [2.05, 4.69) is 34.5 Å². The minimum atomic E-state index is 0. The molecule has 6 heteroatoms. The van der Waals surface area contributed by atoms with Crippen molar-refractivity contribution in [2.45, 2.75) is 38.4 Å². The van der Waals surface area contributed by atoms with Crippen molar-refractivity contribution in [1.82, 2.24) is 15.5 Å². The van der Waals surface area contributed by atoms with Crippen LogP contribution in [0.3, 0.4) is 0 Å². The van der Waals surface area contributed by atoms with Gasteiger partial charge in [0.05, 0.1) is 12.8 Å². The first-order chi connectivity index (χ1) is 9.20. The summed E-state index contributed by atoms with van der Waals surface area (Å²) in [6.07, 6.45) is 4.36. The molecule has 1 aromatic heterocycles. The Morgan fingerprint density at radius 2 is 2.25 bits per heavy atom. The molecule has 1 unspecified atom stereocenters. The highest BCUT2D eigenvalue weighted by Crippen LogP contribution is 2.26. The van der Waals surface area contributed by atoms with E-state index in [1.54, 1.807) is 13.3 Å². The summed E-state index contributed by atoms with van der Waals surface area (Å²) in [7, 11) is 3.98. The first-order valence-electron chi connectivity index (χ1n) is 6.89. The van der Waals surface area contributed by atoms with Gasteiger partial charge in [0.1, 0.15) is 5.76 Å². The molecule has 1 aliphatic carbocycles. The summed E-state index contributed by atoms with van der Waals surface area (Å²) in [5, 5.41) is 6.59. The molecule has 0 bridgehead atoms. The Balaban J connectivity index is 0.00000200. The van der Waals surface area contributed by atoms with Crippen molar-refractivity contribution < 1.29 is 4.42 Å². The van der Waals surface area contributed by atoms with Crippen molar-refractivity contribution in [3.05, 3.63) is 24.2 Å². The second-order valence-electron chi connectivity index (χ2n) is 5.13. The first kappa shape index (κ1) is 17.3. The van der Waals surface area contributed by atoms with E-state index in [-0.39, 0.29) is 24.0 Å². The molecule has 0 spiro atoms. The highest BCUT2D eigenvalue weighted by Gasteiger charge is 2.28. The maximum Gasteiger partial charge on any atom is 0.191 e. The van der Waals surface area contributed by atoms with E-state index in [1.807, 2.05) is 12.1 Å². The number of likely N-dealkylation sites (N-methyl/N-ethyl adjacent to an activating group) is 1. The monoisotopic (exact) mass is 392 g/mol. The van der Waals surface area contributed by atoms with Gasteiger partial charge in [-0.2, -0.15) is 0 Å². The van der Waals surface area contributed by atoms with Crippen molar-refractivity contribution in [1.29, 1.82) is 0 Å². The lowest BCUT2D eigenvalue weighted by Crippen LogP contribution is -2.45. The highest BCUT2D eigenvalue weighted by atomic mass is 127. The van der Waals surface area contributed by atoms with E-state index in [0.717, 1.165) is 24.3 Å². The fourth-order valence-corrected chi connectivity index (χ4v) is 2.03. The van der Waals surface area contributed by atoms with E-state index < -0.39 is 0 Å². The maximum atomic E-state index is 5.28. The molecule has 1 aliphatic rings. The molecular weight excluding hydrogens is 367 g/mol. The molecule has 0 aliphatic heterocycles. The van der Waals surface area contributed by atoms with E-state index in [0.29, 0.717) is 12.6 Å². The molecule has 0 radical (unpaired) electrons. The standard InChI is InChI=1S/C14H24N4O.HI/c1-11(18(3)12-6-7-12)9-16-14(15-2)17-10-13-5-4-8-19-13;/h4-5,8,11-12H,6-7,9-10H2,1-3H3,(H2,15,16,17);1H. The quantitative estimate of drug-likeness (QED) is 0.442. The minimum absolute atomic E-state index is 0. The Labute approximate surface area is 138 Å². The van der Waals surface area contributed by atoms with Crippen LogP contribution in [0.2, 0.25) is 0 Å². The Morgan fingerprint density at radius 1 is 1.50 bits per heavy atom. The van der Waals surface area contributed by atoms with Crippen LogP contribution >= 0.6 is 24.0 Å². The molecule has 5 nitrogen and oxygen atoms in total. The number of hydrogen-bond donors (Lipinski definition) is 2. The Morgan fingerprint density at radius 3 is 2.80 bits per heavy atom. The van der Waals surface area contributed by atoms with Crippen molar-refractivity contribution in [3.63, 3.8) is 0 Å². The zero-order chi connectivity index (χ0) is 13.7. The number of halogens is 1. The highest BCUT2D eigenvalue weighted by molar-refractivity contribution is 14.0. The number of rotatable bonds is 6. The van der Waals surface area contributed by atoms with Crippen LogP contribution in [0.1, 0.15) is 25.5 Å². The normalized spacial score (nSPS) is 16.7. The lowest BCUT2D eigenvalue weighted by Gasteiger charge is -2.25. The SMILES string of the molecule is CN=C(NCc1ccco1)NCC(C)N(C)C1CC1.I. The van der Waals surface area contributed by atoms with Crippen LogP contribution in [-0.2, 0) is 6.54 Å². The van der Waals surface area contributed by atoms with Crippen LogP contribution in [0.25, 0.3) is 0 Å². The molecule has 20 heavy (non-hydrogen) atoms. The molecule has 2 N–H and O–H groups in total. The van der Waals surface area contributed by atoms with Crippen molar-refractivity contribution in [2.75, 3.05) is 20.6 Å². The summed E-state index contributed by atoms with van der Waals surface area (Å²) in [6.45, 7) is 3.79. The molecule has 2 rings (SSSR count). The lowest BCUT2D eigenvalue weighted by molar-refractivity contribution is 0.247. The third-order valence-corrected chi connectivity index (χ3v) is 3.62. The smallest absolute Gasteiger partial charge is 0.191 e. The lowest BCUT2D eigenvalue weighted by atomic mass is 10.3. The van der Waals surface area contributed by atoms with E-state index >= 15 is 0 Å². The zero-order valence-corrected chi connectivity index (χ0v) is 14.8. The molecule has 1 fully saturated rings. The van der Waals surface area contributed by atoms with Crippen LogP contribution < -0.4 is 10.6 Å². The zero-order valence-electron chi connectivity index (χ0n) is 12.4. The minimum Gasteiger partial charge on any atom is -0.467 e. The van der Waals surface area contributed by atoms with Gasteiger partial charge in [0.25, 0.3) is 0 Å². The summed E-state index contributed by atoms with van der Waals surface area (Å²) in [4.78, 5) is 6.65. The van der Waals surface area contributed by atoms with Crippen LogP contribution in [-0.4, -0.2) is 43.6 Å². The second-order valence-corrected chi connectivity index (χ2v) is 5.13. The van der Waals surface area contributed by atoms with E-state index in [1.165, 1.54) is 12.8 Å². The fraction of sp³-hybridized carbons (Fsp3) is 0.643. The number of hydrogen-bond acceptors (Lipinski definition) is 3. The van der Waals surface area contributed by atoms with Crippen LogP contribution in [0.15, 0.2) is 27.8 Å². The maximum absolute atomic E-state index is 5.28. The topological polar surface area (TPSA) is 52.8 Å². The molecular formula is C14H25IN4O. The third-order valence-electron chi connectivity index (χ3n) is 3.62. The van der Waals surface area contributed by atoms with Gasteiger partial charge in [0.2, 0.25) is 0 Å². The predicted molar refractivity (Wildman–Crippen MR) is 92.6 cm³/mol. The van der Waals surface area contributed by atoms with E-state index in [4.69, 9.17) is 4.42 Å². The van der Waals surface area contributed by atoms with E-state index in [9.17, 15) is 0 Å². The van der Waals surface area contributed by atoms with Gasteiger partial charge < -0.3 is 15.1 Å². The number of furan rings is 1. The first-order valence-corrected chi connectivity index (χ1v) is 6.89. The van der Waals surface area contributed by atoms with Gasteiger partial charge >= 0.3 is 0 Å². The molecule has 0 saturated heterocycles. The Hall–Kier alpha value is -0.760. The van der Waals surface area contributed by atoms with Gasteiger partial charge in [0.15, 0.2) is 5.96 Å². The Kier molecular flexibility index (Phi) is 7.36. The summed E-state index contributed by atoms with van der Waals surface area (Å²) < 4.78 is 5.28. The second kappa shape index (κ2) is 8.51. The molecule has 0 aromatic carbocycles. The fourth-order valence-electron chi connectivity index (χ4n) is 2.03. The average Bonchev–Trinajstić information content (AvgIpc) is 3.15. The number of nitrogens with one attached hydrogen (secondary N) is 2. The Bertz CT molecular complexity index is 403. The molecule has 1 heterocycles. The molecule has 114 valence electrons. The van der Waals surface area contributed by atoms with Gasteiger partial charge in [0, 0.05) is 25.7 Å². The largest absolute Gasteiger partial charge is 0.467 e. The number of aliphatic imine (C=N–C) groups is 1. The number of guanidine groups is 1. The van der Waals surface area contributed by atoms with Crippen molar-refractivity contribution in [3.8, 4) is 0 Å². The summed E-state index contributed by atoms with van der Waals surface area (Å²) in [5.74, 6) is 1.72. The molecule has 1 atom stereocenters. The molecule has 1 aromatic rings. The predicted octanol–water partition coefficient (Wildman–Crippen LogP) is 2.05. The third kappa shape index (κ3) is 5.32. The molecule has 0 amide bonds. The molecule has 1 saturated carbocycles. The summed E-state index contributed by atoms with van der Waals surface area (Å²) in [5.41, 5.74) is 0. The van der Waals surface area contributed by atoms with Crippen molar-refractivity contribution in [2.24, 2.45) is 4.99 Å². The van der Waals surface area contributed by atoms with Gasteiger partial charge in [-0.1, -0.05) is 0 Å². The summed E-state index contributed by atoms with van der Waals surface area (Å²) in [6, 6.07) is 5.13. The number of nitrogens with zero attached hydrogens (tertiary/aromatic N) is 2. The average molecular weight is 392 g/mol. The van der Waals surface area contributed by atoms with Crippen LogP contribution in [0.4, 0.5) is 0 Å². The van der Waals surface area contributed by atoms with Gasteiger partial charge in [-0.15, -0.1) is 24.0 Å². The van der Waals surface area contributed by atoms with Crippen LogP contribution in [0.5, 0.6) is 0 Å². The van der Waals surface area contributed by atoms with Gasteiger partial charge in [-0.25, -0.2) is 0 Å². The van der Waals surface area contributed by atoms with Gasteiger partial charge in [-0.3, -0.25) is 9.89 Å². The van der Waals surface area contributed by atoms with Crippen LogP contribution in [0, 0.1) is 0 Å².